The Morgan fingerprint density at radius 2 is 2.00 bits per heavy atom. The number of ketones is 2. The molecule has 0 heterocycles. The normalized spacial score (nSPS) is 23.4. The maximum absolute atomic E-state index is 11.3. The van der Waals surface area contributed by atoms with Crippen molar-refractivity contribution in [3.05, 3.63) is 0 Å². The van der Waals surface area contributed by atoms with E-state index in [1.54, 1.807) is 0 Å². The molecule has 1 fully saturated rings. The van der Waals surface area contributed by atoms with E-state index >= 15 is 0 Å². The van der Waals surface area contributed by atoms with Gasteiger partial charge in [0.2, 0.25) is 11.6 Å². The summed E-state index contributed by atoms with van der Waals surface area (Å²) in [6.07, 6.45) is -0.795. The summed E-state index contributed by atoms with van der Waals surface area (Å²) in [7, 11) is 4.02. The molecule has 0 aliphatic heterocycles. The highest BCUT2D eigenvalue weighted by Crippen LogP contribution is 2.14. The summed E-state index contributed by atoms with van der Waals surface area (Å²) in [5.74, 6) is -0.955. The van der Waals surface area contributed by atoms with Gasteiger partial charge in [-0.2, -0.15) is 0 Å². The number of aliphatic imine (C=N–C) groups is 1. The first-order valence-electron chi connectivity index (χ1n) is 5.51. The largest absolute Gasteiger partial charge is 0.361 e. The zero-order valence-electron chi connectivity index (χ0n) is 10.2. The lowest BCUT2D eigenvalue weighted by Gasteiger charge is -2.26. The third kappa shape index (κ3) is 2.96. The van der Waals surface area contributed by atoms with Gasteiger partial charge in [-0.25, -0.2) is 0 Å². The average Bonchev–Trinajstić information content (AvgIpc) is 2.20. The summed E-state index contributed by atoms with van der Waals surface area (Å²) < 4.78 is 5.33. The molecular weight excluding hydrogens is 208 g/mol. The lowest BCUT2D eigenvalue weighted by molar-refractivity contribution is -0.856. The summed E-state index contributed by atoms with van der Waals surface area (Å²) in [6, 6.07) is 0. The molecule has 0 saturated heterocycles. The molecule has 1 N–H and O–H groups in total. The van der Waals surface area contributed by atoms with Gasteiger partial charge in [0.15, 0.2) is 6.10 Å². The second-order valence-electron chi connectivity index (χ2n) is 4.48. The number of carbonyl (C=O) groups excluding carboxylic acids is 2. The van der Waals surface area contributed by atoms with Crippen LogP contribution in [-0.2, 0) is 14.3 Å². The quantitative estimate of drug-likeness (QED) is 0.583. The maximum atomic E-state index is 11.3. The van der Waals surface area contributed by atoms with Gasteiger partial charge in [-0.3, -0.25) is 14.6 Å². The minimum absolute atomic E-state index is 0.0771. The molecule has 1 aliphatic rings. The van der Waals surface area contributed by atoms with E-state index in [0.717, 1.165) is 6.54 Å². The van der Waals surface area contributed by atoms with Gasteiger partial charge in [0.05, 0.1) is 33.3 Å². The van der Waals surface area contributed by atoms with Crippen LogP contribution in [0.3, 0.4) is 0 Å². The summed E-state index contributed by atoms with van der Waals surface area (Å²) in [5.41, 5.74) is 0.292. The number of likely N-dealkylation sites (N-methyl/N-ethyl adjacent to an activating group) is 1. The SMILES string of the molecule is CC(C)O[C@H]1C(=O)C(=O)C1=NCC[NH+](C)C. The number of Topliss-reactive ketones (excluding diaryl/α,β-unsaturated/α-hetero) is 2. The second kappa shape index (κ2) is 5.32. The summed E-state index contributed by atoms with van der Waals surface area (Å²) in [4.78, 5) is 27.9. The van der Waals surface area contributed by atoms with Crippen molar-refractivity contribution < 1.29 is 19.2 Å². The van der Waals surface area contributed by atoms with Crippen molar-refractivity contribution in [3.8, 4) is 0 Å². The molecule has 0 spiro atoms. The molecule has 0 amide bonds. The molecule has 5 heteroatoms. The molecule has 90 valence electrons. The van der Waals surface area contributed by atoms with E-state index in [4.69, 9.17) is 4.74 Å². The van der Waals surface area contributed by atoms with Crippen LogP contribution in [0.2, 0.25) is 0 Å². The molecule has 1 aliphatic carbocycles. The van der Waals surface area contributed by atoms with Crippen LogP contribution in [0.1, 0.15) is 13.8 Å². The molecule has 0 aromatic rings. The molecule has 0 aromatic carbocycles. The molecule has 0 bridgehead atoms. The van der Waals surface area contributed by atoms with E-state index in [2.05, 4.69) is 4.99 Å². The number of hydrogen-bond acceptors (Lipinski definition) is 4. The fraction of sp³-hybridized carbons (Fsp3) is 0.727. The topological polar surface area (TPSA) is 60.2 Å². The predicted octanol–water partition coefficient (Wildman–Crippen LogP) is -1.48. The molecule has 0 aromatic heterocycles. The van der Waals surface area contributed by atoms with E-state index in [0.29, 0.717) is 12.3 Å². The second-order valence-corrected chi connectivity index (χ2v) is 4.48. The highest BCUT2D eigenvalue weighted by molar-refractivity contribution is 6.79. The third-order valence-corrected chi connectivity index (χ3v) is 2.25. The summed E-state index contributed by atoms with van der Waals surface area (Å²) in [5, 5.41) is 0. The Morgan fingerprint density at radius 3 is 2.50 bits per heavy atom. The Balaban J connectivity index is 2.56. The average molecular weight is 227 g/mol. The van der Waals surface area contributed by atoms with Crippen molar-refractivity contribution >= 4 is 17.3 Å². The molecule has 0 unspecified atom stereocenters. The summed E-state index contributed by atoms with van der Waals surface area (Å²) in [6.45, 7) is 5.04. The number of ether oxygens (including phenoxy) is 1. The third-order valence-electron chi connectivity index (χ3n) is 2.25. The molecule has 16 heavy (non-hydrogen) atoms. The van der Waals surface area contributed by atoms with E-state index in [1.165, 1.54) is 4.90 Å². The van der Waals surface area contributed by atoms with Crippen molar-refractivity contribution in [2.75, 3.05) is 27.2 Å². The van der Waals surface area contributed by atoms with Crippen molar-refractivity contribution in [2.24, 2.45) is 4.99 Å². The highest BCUT2D eigenvalue weighted by atomic mass is 16.5. The first kappa shape index (κ1) is 13.0. The smallest absolute Gasteiger partial charge is 0.248 e. The molecule has 1 saturated carbocycles. The molecular formula is C11H19N2O3+. The lowest BCUT2D eigenvalue weighted by Crippen LogP contribution is -3.06. The number of rotatable bonds is 5. The van der Waals surface area contributed by atoms with Gasteiger partial charge < -0.3 is 9.64 Å². The van der Waals surface area contributed by atoms with Crippen LogP contribution in [0.5, 0.6) is 0 Å². The zero-order valence-corrected chi connectivity index (χ0v) is 10.2. The van der Waals surface area contributed by atoms with E-state index in [1.807, 2.05) is 27.9 Å². The summed E-state index contributed by atoms with van der Waals surface area (Å²) >= 11 is 0. The zero-order chi connectivity index (χ0) is 12.3. The van der Waals surface area contributed by atoms with Gasteiger partial charge in [0.25, 0.3) is 0 Å². The van der Waals surface area contributed by atoms with Gasteiger partial charge in [-0.1, -0.05) is 0 Å². The molecule has 1 atom stereocenters. The fourth-order valence-corrected chi connectivity index (χ4v) is 1.36. The monoisotopic (exact) mass is 227 g/mol. The predicted molar refractivity (Wildman–Crippen MR) is 60.0 cm³/mol. The maximum Gasteiger partial charge on any atom is 0.248 e. The van der Waals surface area contributed by atoms with E-state index in [-0.39, 0.29) is 6.10 Å². The van der Waals surface area contributed by atoms with E-state index < -0.39 is 17.7 Å². The Kier molecular flexibility index (Phi) is 4.32. The van der Waals surface area contributed by atoms with Crippen LogP contribution in [-0.4, -0.2) is 56.7 Å². The van der Waals surface area contributed by atoms with Crippen LogP contribution >= 0.6 is 0 Å². The standard InChI is InChI=1S/C11H18N2O3/c1-7(2)16-11-8(9(14)10(11)15)12-5-6-13(3)4/h7,11H,5-6H2,1-4H3/p+1/t11-/m1/s1. The van der Waals surface area contributed by atoms with Crippen LogP contribution in [0.15, 0.2) is 4.99 Å². The highest BCUT2D eigenvalue weighted by Gasteiger charge is 2.47. The Bertz CT molecular complexity index is 321. The fourth-order valence-electron chi connectivity index (χ4n) is 1.36. The van der Waals surface area contributed by atoms with Crippen molar-refractivity contribution in [1.29, 1.82) is 0 Å². The van der Waals surface area contributed by atoms with Gasteiger partial charge >= 0.3 is 0 Å². The van der Waals surface area contributed by atoms with Gasteiger partial charge in [0, 0.05) is 0 Å². The Morgan fingerprint density at radius 1 is 1.38 bits per heavy atom. The minimum atomic E-state index is -0.718. The van der Waals surface area contributed by atoms with Crippen LogP contribution in [0, 0.1) is 0 Å². The Hall–Kier alpha value is -1.07. The number of carbonyl (C=O) groups is 2. The Labute approximate surface area is 95.5 Å². The lowest BCUT2D eigenvalue weighted by atomic mass is 9.89. The van der Waals surface area contributed by atoms with Crippen molar-refractivity contribution in [3.63, 3.8) is 0 Å². The van der Waals surface area contributed by atoms with Crippen LogP contribution in [0.25, 0.3) is 0 Å². The van der Waals surface area contributed by atoms with Crippen LogP contribution in [0.4, 0.5) is 0 Å². The molecule has 1 rings (SSSR count). The van der Waals surface area contributed by atoms with Gasteiger partial charge in [-0.05, 0) is 13.8 Å². The van der Waals surface area contributed by atoms with Crippen molar-refractivity contribution in [2.45, 2.75) is 26.1 Å². The number of quaternary nitrogens is 1. The first-order valence-corrected chi connectivity index (χ1v) is 5.51. The molecule has 0 radical (unpaired) electrons. The number of nitrogens with one attached hydrogen (secondary N) is 1. The first-order chi connectivity index (χ1) is 7.43. The van der Waals surface area contributed by atoms with Gasteiger partial charge in [0.1, 0.15) is 5.71 Å². The minimum Gasteiger partial charge on any atom is -0.361 e. The number of nitrogens with zero attached hydrogens (tertiary/aromatic N) is 1. The van der Waals surface area contributed by atoms with Gasteiger partial charge in [-0.15, -0.1) is 0 Å². The van der Waals surface area contributed by atoms with Crippen LogP contribution < -0.4 is 4.90 Å². The molecule has 5 nitrogen and oxygen atoms in total. The number of hydrogen-bond donors (Lipinski definition) is 1. The van der Waals surface area contributed by atoms with E-state index in [9.17, 15) is 9.59 Å². The van der Waals surface area contributed by atoms with Crippen molar-refractivity contribution in [1.82, 2.24) is 0 Å².